The van der Waals surface area contributed by atoms with Gasteiger partial charge in [-0.05, 0) is 0 Å². The fourth-order valence-electron chi connectivity index (χ4n) is 0.946. The van der Waals surface area contributed by atoms with Gasteiger partial charge in [0.05, 0.1) is 41.3 Å². The summed E-state index contributed by atoms with van der Waals surface area (Å²) in [5, 5.41) is 0. The maximum atomic E-state index is 8.60. The molecule has 2 rings (SSSR count). The van der Waals surface area contributed by atoms with Gasteiger partial charge in [0.25, 0.3) is 0 Å². The molecule has 2 aliphatic heterocycles. The molecule has 0 bridgehead atoms. The van der Waals surface area contributed by atoms with E-state index < -0.39 is 10.2 Å². The van der Waals surface area contributed by atoms with Crippen molar-refractivity contribution in [3.63, 3.8) is 0 Å². The van der Waals surface area contributed by atoms with Gasteiger partial charge in [0.1, 0.15) is 0 Å². The molecule has 11 N–H and O–H groups in total. The van der Waals surface area contributed by atoms with Crippen LogP contribution in [0.2, 0.25) is 0 Å². The zero-order chi connectivity index (χ0) is 13.0. The molecule has 144 valence electrons. The topological polar surface area (TPSA) is 259 Å². The van der Waals surface area contributed by atoms with Gasteiger partial charge in [0, 0.05) is 0 Å². The minimum atomic E-state index is -4.69. The molecule has 0 radical (unpaired) electrons. The summed E-state index contributed by atoms with van der Waals surface area (Å²) in [5.41, 5.74) is 0. The molecule has 0 saturated carbocycles. The van der Waals surface area contributed by atoms with Crippen molar-refractivity contribution < 1.29 is 86.2 Å². The Morgan fingerprint density at radius 3 is 0.955 bits per heavy atom. The van der Waals surface area contributed by atoms with Gasteiger partial charge < -0.3 is 40.9 Å². The molecule has 2 saturated heterocycles. The fourth-order valence-corrected chi connectivity index (χ4v) is 0.946. The first-order valence-electron chi connectivity index (χ1n) is 5.05. The van der Waals surface area contributed by atoms with Crippen LogP contribution >= 0.6 is 0 Å². The van der Waals surface area contributed by atoms with Crippen molar-refractivity contribution in [1.29, 1.82) is 0 Å². The number of ether oxygens (including phenoxy) is 4. The second-order valence-corrected chi connectivity index (χ2v) is 3.75. The van der Waals surface area contributed by atoms with Crippen LogP contribution in [0.25, 0.3) is 0 Å². The van der Waals surface area contributed by atoms with Gasteiger partial charge in [0.15, 0.2) is 0 Å². The Bertz CT molecular complexity index is 123. The molecule has 0 aromatic heterocycles. The maximum Gasteiger partial charge on any atom is 2.00 e. The molecular weight excluding hydrogens is 382 g/mol. The molecule has 2 aliphatic rings. The molecule has 0 spiro atoms. The predicted molar refractivity (Wildman–Crippen MR) is 62.2 cm³/mol. The van der Waals surface area contributed by atoms with Crippen LogP contribution in [-0.2, 0) is 26.0 Å². The monoisotopic (exact) mass is 408 g/mol. The molecule has 0 aliphatic carbocycles. The molecule has 0 amide bonds. The predicted octanol–water partition coefficient (Wildman–Crippen LogP) is -8.34. The minimum Gasteiger partial charge on any atom is -0.422 e. The smallest absolute Gasteiger partial charge is 0.422 e. The van der Waals surface area contributed by atoms with E-state index in [1.165, 1.54) is 0 Å². The Labute approximate surface area is 139 Å². The van der Waals surface area contributed by atoms with Crippen molar-refractivity contribution in [2.45, 2.75) is 0 Å². The summed E-state index contributed by atoms with van der Waals surface area (Å²) < 4.78 is 50.8. The Balaban J connectivity index is -0.0000000394. The second kappa shape index (κ2) is 26.2. The molecular formula is C8H27ClNiO12+4. The average molecular weight is 409 g/mol. The van der Waals surface area contributed by atoms with Crippen LogP contribution in [0.5, 0.6) is 0 Å². The van der Waals surface area contributed by atoms with Crippen LogP contribution in [0.1, 0.15) is 0 Å². The van der Waals surface area contributed by atoms with Crippen molar-refractivity contribution in [3.8, 4) is 0 Å². The summed E-state index contributed by atoms with van der Waals surface area (Å²) in [6, 6.07) is 0. The minimum absolute atomic E-state index is 0. The van der Waals surface area contributed by atoms with Crippen molar-refractivity contribution in [2.75, 3.05) is 52.9 Å². The zero-order valence-electron chi connectivity index (χ0n) is 11.7. The molecule has 0 aromatic rings. The summed E-state index contributed by atoms with van der Waals surface area (Å²) in [4.78, 5) is 0. The normalized spacial score (nSPS) is 15.8. The van der Waals surface area contributed by atoms with Gasteiger partial charge in [-0.1, -0.05) is 0 Å². The van der Waals surface area contributed by atoms with E-state index in [4.69, 9.17) is 28.1 Å². The van der Waals surface area contributed by atoms with Crippen LogP contribution in [0.4, 0.5) is 0 Å². The van der Waals surface area contributed by atoms with Crippen molar-refractivity contribution in [2.24, 2.45) is 0 Å². The van der Waals surface area contributed by atoms with Gasteiger partial charge in [-0.3, -0.25) is 0 Å². The molecule has 2 fully saturated rings. The molecule has 2 heterocycles. The number of halogens is 1. The first-order chi connectivity index (χ1) is 8.00. The zero-order valence-corrected chi connectivity index (χ0v) is 13.5. The molecule has 22 heavy (non-hydrogen) atoms. The van der Waals surface area contributed by atoms with E-state index in [1.54, 1.807) is 0 Å². The van der Waals surface area contributed by atoms with Gasteiger partial charge in [-0.15, -0.1) is 0 Å². The third-order valence-corrected chi connectivity index (χ3v) is 1.58. The fraction of sp³-hybridized carbons (Fsp3) is 1.00. The third-order valence-electron chi connectivity index (χ3n) is 1.58. The van der Waals surface area contributed by atoms with Gasteiger partial charge in [-0.2, -0.15) is 14.0 Å². The third kappa shape index (κ3) is 50.0. The SMILES string of the molecule is C1COCCO1.C1C[OH+]CC[OH+]1.O.O.O.O.[Ni+2].[O-][Cl+3]([O-])([O-])O. The van der Waals surface area contributed by atoms with Crippen LogP contribution < -0.4 is 14.0 Å². The van der Waals surface area contributed by atoms with Crippen LogP contribution in [0.3, 0.4) is 0 Å². The van der Waals surface area contributed by atoms with Crippen LogP contribution in [0, 0.1) is 10.2 Å². The van der Waals surface area contributed by atoms with E-state index in [1.807, 2.05) is 0 Å². The first kappa shape index (κ1) is 38.1. The van der Waals surface area contributed by atoms with Crippen molar-refractivity contribution >= 4 is 0 Å². The van der Waals surface area contributed by atoms with Crippen LogP contribution in [0.15, 0.2) is 0 Å². The van der Waals surface area contributed by atoms with E-state index in [0.717, 1.165) is 52.9 Å². The molecule has 14 heteroatoms. The summed E-state index contributed by atoms with van der Waals surface area (Å²) in [5.74, 6) is 0. The van der Waals surface area contributed by atoms with Crippen molar-refractivity contribution in [3.05, 3.63) is 0 Å². The van der Waals surface area contributed by atoms with Gasteiger partial charge in [-0.25, -0.2) is 0 Å². The summed E-state index contributed by atoms with van der Waals surface area (Å²) in [6.07, 6.45) is 0. The van der Waals surface area contributed by atoms with E-state index in [0.29, 0.717) is 0 Å². The number of rotatable bonds is 0. The maximum absolute atomic E-state index is 8.60. The van der Waals surface area contributed by atoms with Crippen LogP contribution in [-0.4, -0.2) is 88.9 Å². The summed E-state index contributed by atoms with van der Waals surface area (Å²) in [7, 11) is -4.69. The standard InChI is InChI=1S/2C4H8O2.ClHO4.Ni.4H2O/c2*1-2-6-4-3-5-1;2-1(3,4)5;;;;;/h2*1-4H2;(H,2,3,4,5);;4*1H2/q;;;+2;;;;/p+2. The Morgan fingerprint density at radius 2 is 0.864 bits per heavy atom. The number of hydrogen-bond acceptors (Lipinski definition) is 6. The van der Waals surface area contributed by atoms with Gasteiger partial charge in [0.2, 0.25) is 26.4 Å². The Hall–Kier alpha value is 0.304. The largest absolute Gasteiger partial charge is 2.00 e. The average Bonchev–Trinajstić information content (AvgIpc) is 2.32. The number of hydrogen-bond donors (Lipinski definition) is 1. The van der Waals surface area contributed by atoms with E-state index in [-0.39, 0.29) is 38.4 Å². The molecule has 0 atom stereocenters. The summed E-state index contributed by atoms with van der Waals surface area (Å²) in [6.45, 7) is 6.94. The Kier molecular flexibility index (Phi) is 45.4. The van der Waals surface area contributed by atoms with E-state index >= 15 is 0 Å². The van der Waals surface area contributed by atoms with E-state index in [9.17, 15) is 0 Å². The second-order valence-electron chi connectivity index (χ2n) is 2.96. The Morgan fingerprint density at radius 1 is 0.682 bits per heavy atom. The number of aliphatic hydroxyl groups is 4. The molecule has 0 aromatic carbocycles. The molecule has 0 unspecified atom stereocenters. The van der Waals surface area contributed by atoms with Gasteiger partial charge >= 0.3 is 16.5 Å². The van der Waals surface area contributed by atoms with Crippen molar-refractivity contribution in [1.82, 2.24) is 0 Å². The summed E-state index contributed by atoms with van der Waals surface area (Å²) >= 11 is 0. The van der Waals surface area contributed by atoms with E-state index in [2.05, 4.69) is 9.47 Å². The molecule has 12 nitrogen and oxygen atoms in total. The first-order valence-corrected chi connectivity index (χ1v) is 6.32. The quantitative estimate of drug-likeness (QED) is 0.299.